The van der Waals surface area contributed by atoms with Crippen molar-refractivity contribution in [2.24, 2.45) is 5.73 Å². The minimum atomic E-state index is -0.341. The lowest BCUT2D eigenvalue weighted by molar-refractivity contribution is 0.169. The highest BCUT2D eigenvalue weighted by molar-refractivity contribution is 5.48. The lowest BCUT2D eigenvalue weighted by Gasteiger charge is -2.20. The molecule has 2 rings (SSSR count). The van der Waals surface area contributed by atoms with Crippen molar-refractivity contribution in [2.75, 3.05) is 13.2 Å². The maximum absolute atomic E-state index is 13.2. The van der Waals surface area contributed by atoms with Gasteiger partial charge >= 0.3 is 0 Å². The minimum Gasteiger partial charge on any atom is -0.486 e. The summed E-state index contributed by atoms with van der Waals surface area (Å²) in [5.74, 6) is 0.689. The zero-order valence-corrected chi connectivity index (χ0v) is 7.05. The third kappa shape index (κ3) is 1.33. The average Bonchev–Trinajstić information content (AvgIpc) is 2.18. The van der Waals surface area contributed by atoms with Gasteiger partial charge in [-0.25, -0.2) is 4.39 Å². The van der Waals surface area contributed by atoms with Gasteiger partial charge in [-0.3, -0.25) is 0 Å². The Morgan fingerprint density at radius 3 is 2.85 bits per heavy atom. The summed E-state index contributed by atoms with van der Waals surface area (Å²) in [6.07, 6.45) is 0. The van der Waals surface area contributed by atoms with Crippen molar-refractivity contribution in [2.45, 2.75) is 6.54 Å². The largest absolute Gasteiger partial charge is 0.486 e. The number of ether oxygens (including phenoxy) is 2. The van der Waals surface area contributed by atoms with E-state index in [4.69, 9.17) is 15.2 Å². The summed E-state index contributed by atoms with van der Waals surface area (Å²) in [4.78, 5) is 0. The normalized spacial score (nSPS) is 14.3. The van der Waals surface area contributed by atoms with Crippen LogP contribution in [0.2, 0.25) is 0 Å². The van der Waals surface area contributed by atoms with Crippen LogP contribution < -0.4 is 15.2 Å². The summed E-state index contributed by atoms with van der Waals surface area (Å²) >= 11 is 0. The van der Waals surface area contributed by atoms with Crippen molar-refractivity contribution in [1.82, 2.24) is 0 Å². The maximum Gasteiger partial charge on any atom is 0.168 e. The molecular formula is C9H10FNO2. The van der Waals surface area contributed by atoms with Crippen molar-refractivity contribution >= 4 is 0 Å². The fraction of sp³-hybridized carbons (Fsp3) is 0.333. The van der Waals surface area contributed by atoms with Crippen molar-refractivity contribution in [3.63, 3.8) is 0 Å². The minimum absolute atomic E-state index is 0.123. The second-order valence-electron chi connectivity index (χ2n) is 2.75. The first kappa shape index (κ1) is 8.31. The summed E-state index contributed by atoms with van der Waals surface area (Å²) in [6.45, 7) is 1.07. The fourth-order valence-corrected chi connectivity index (χ4v) is 1.34. The van der Waals surface area contributed by atoms with E-state index in [-0.39, 0.29) is 12.4 Å². The Kier molecular flexibility index (Phi) is 2.06. The van der Waals surface area contributed by atoms with E-state index in [0.29, 0.717) is 30.3 Å². The van der Waals surface area contributed by atoms with E-state index >= 15 is 0 Å². The van der Waals surface area contributed by atoms with Crippen molar-refractivity contribution < 1.29 is 13.9 Å². The molecule has 1 aromatic carbocycles. The Morgan fingerprint density at radius 2 is 2.08 bits per heavy atom. The first-order chi connectivity index (χ1) is 6.33. The molecule has 4 heteroatoms. The van der Waals surface area contributed by atoms with Gasteiger partial charge in [-0.15, -0.1) is 0 Å². The molecule has 0 radical (unpaired) electrons. The van der Waals surface area contributed by atoms with E-state index in [1.54, 1.807) is 6.07 Å². The average molecular weight is 183 g/mol. The predicted octanol–water partition coefficient (Wildman–Crippen LogP) is 1.06. The van der Waals surface area contributed by atoms with E-state index in [1.165, 1.54) is 6.07 Å². The van der Waals surface area contributed by atoms with E-state index in [9.17, 15) is 4.39 Å². The van der Waals surface area contributed by atoms with Crippen LogP contribution in [-0.2, 0) is 6.54 Å². The van der Waals surface area contributed by atoms with Gasteiger partial charge in [-0.1, -0.05) is 0 Å². The van der Waals surface area contributed by atoms with Gasteiger partial charge < -0.3 is 15.2 Å². The quantitative estimate of drug-likeness (QED) is 0.707. The van der Waals surface area contributed by atoms with Gasteiger partial charge in [0.05, 0.1) is 0 Å². The molecule has 0 saturated carbocycles. The Labute approximate surface area is 75.3 Å². The van der Waals surface area contributed by atoms with Gasteiger partial charge in [0.1, 0.15) is 19.0 Å². The molecule has 0 amide bonds. The summed E-state index contributed by atoms with van der Waals surface area (Å²) < 4.78 is 23.7. The zero-order chi connectivity index (χ0) is 9.26. The van der Waals surface area contributed by atoms with E-state index in [2.05, 4.69) is 0 Å². The van der Waals surface area contributed by atoms with Crippen LogP contribution in [0.3, 0.4) is 0 Å². The Bertz CT molecular complexity index is 328. The third-order valence-corrected chi connectivity index (χ3v) is 1.96. The lowest BCUT2D eigenvalue weighted by Crippen LogP contribution is -2.18. The molecular weight excluding hydrogens is 173 g/mol. The van der Waals surface area contributed by atoms with Crippen LogP contribution >= 0.6 is 0 Å². The van der Waals surface area contributed by atoms with Crippen LogP contribution in [-0.4, -0.2) is 13.2 Å². The smallest absolute Gasteiger partial charge is 0.168 e. The fourth-order valence-electron chi connectivity index (χ4n) is 1.34. The summed E-state index contributed by atoms with van der Waals surface area (Å²) in [5.41, 5.74) is 5.79. The predicted molar refractivity (Wildman–Crippen MR) is 45.3 cm³/mol. The molecule has 70 valence electrons. The number of rotatable bonds is 1. The molecule has 0 saturated heterocycles. The van der Waals surface area contributed by atoms with Crippen molar-refractivity contribution in [3.8, 4) is 11.5 Å². The van der Waals surface area contributed by atoms with Crippen LogP contribution in [0.15, 0.2) is 12.1 Å². The molecule has 0 aromatic heterocycles. The lowest BCUT2D eigenvalue weighted by atomic mass is 10.1. The zero-order valence-electron chi connectivity index (χ0n) is 7.05. The molecule has 2 N–H and O–H groups in total. The molecule has 1 aliphatic heterocycles. The molecule has 1 aromatic rings. The monoisotopic (exact) mass is 183 g/mol. The molecule has 13 heavy (non-hydrogen) atoms. The van der Waals surface area contributed by atoms with Crippen molar-refractivity contribution in [3.05, 3.63) is 23.5 Å². The highest BCUT2D eigenvalue weighted by Gasteiger charge is 2.17. The molecule has 0 fully saturated rings. The molecule has 0 aliphatic carbocycles. The van der Waals surface area contributed by atoms with Crippen LogP contribution in [0.4, 0.5) is 4.39 Å². The second kappa shape index (κ2) is 3.22. The highest BCUT2D eigenvalue weighted by atomic mass is 19.1. The SMILES string of the molecule is NCc1c(F)ccc2c1OCCO2. The molecule has 0 unspecified atom stereocenters. The second-order valence-corrected chi connectivity index (χ2v) is 2.75. The van der Waals surface area contributed by atoms with Crippen LogP contribution in [0.1, 0.15) is 5.56 Å². The molecule has 0 spiro atoms. The molecule has 1 aliphatic rings. The number of hydrogen-bond donors (Lipinski definition) is 1. The Hall–Kier alpha value is -1.29. The van der Waals surface area contributed by atoms with Gasteiger partial charge in [-0.2, -0.15) is 0 Å². The van der Waals surface area contributed by atoms with E-state index in [0.717, 1.165) is 0 Å². The van der Waals surface area contributed by atoms with E-state index in [1.807, 2.05) is 0 Å². The van der Waals surface area contributed by atoms with Gasteiger partial charge in [0.2, 0.25) is 0 Å². The topological polar surface area (TPSA) is 44.5 Å². The molecule has 1 heterocycles. The van der Waals surface area contributed by atoms with Gasteiger partial charge in [0.15, 0.2) is 11.5 Å². The van der Waals surface area contributed by atoms with Gasteiger partial charge in [0, 0.05) is 12.1 Å². The molecule has 0 bridgehead atoms. The number of nitrogens with two attached hydrogens (primary N) is 1. The van der Waals surface area contributed by atoms with Crippen LogP contribution in [0, 0.1) is 5.82 Å². The first-order valence-corrected chi connectivity index (χ1v) is 4.10. The third-order valence-electron chi connectivity index (χ3n) is 1.96. The Morgan fingerprint density at radius 1 is 1.31 bits per heavy atom. The number of halogens is 1. The maximum atomic E-state index is 13.2. The van der Waals surface area contributed by atoms with Crippen LogP contribution in [0.5, 0.6) is 11.5 Å². The molecule has 3 nitrogen and oxygen atoms in total. The van der Waals surface area contributed by atoms with E-state index < -0.39 is 0 Å². The Balaban J connectivity index is 2.52. The summed E-state index contributed by atoms with van der Waals surface area (Å²) in [6, 6.07) is 2.90. The number of benzene rings is 1. The van der Waals surface area contributed by atoms with Gasteiger partial charge in [-0.05, 0) is 12.1 Å². The summed E-state index contributed by atoms with van der Waals surface area (Å²) in [7, 11) is 0. The first-order valence-electron chi connectivity index (χ1n) is 4.10. The molecule has 0 atom stereocenters. The highest BCUT2D eigenvalue weighted by Crippen LogP contribution is 2.34. The standard InChI is InChI=1S/C9H10FNO2/c10-7-1-2-8-9(6(7)5-11)13-4-3-12-8/h1-2H,3-5,11H2. The van der Waals surface area contributed by atoms with Crippen molar-refractivity contribution in [1.29, 1.82) is 0 Å². The number of fused-ring (bicyclic) bond motifs is 1. The number of hydrogen-bond acceptors (Lipinski definition) is 3. The van der Waals surface area contributed by atoms with Gasteiger partial charge in [0.25, 0.3) is 0 Å². The summed E-state index contributed by atoms with van der Waals surface area (Å²) in [5, 5.41) is 0. The van der Waals surface area contributed by atoms with Crippen LogP contribution in [0.25, 0.3) is 0 Å².